The highest BCUT2D eigenvalue weighted by atomic mass is 19.1. The van der Waals surface area contributed by atoms with E-state index in [2.05, 4.69) is 9.97 Å². The van der Waals surface area contributed by atoms with Crippen molar-refractivity contribution in [2.75, 3.05) is 7.05 Å². The number of amides is 1. The summed E-state index contributed by atoms with van der Waals surface area (Å²) in [6.45, 7) is 0.389. The molecule has 1 aromatic carbocycles. The summed E-state index contributed by atoms with van der Waals surface area (Å²) >= 11 is 0. The molecule has 0 atom stereocenters. The van der Waals surface area contributed by atoms with Crippen LogP contribution in [0.3, 0.4) is 0 Å². The van der Waals surface area contributed by atoms with Crippen molar-refractivity contribution in [1.29, 1.82) is 0 Å². The topological polar surface area (TPSA) is 49.0 Å². The lowest BCUT2D eigenvalue weighted by atomic mass is 10.1. The molecule has 0 aliphatic carbocycles. The molecule has 0 radical (unpaired) electrons. The van der Waals surface area contributed by atoms with Crippen LogP contribution < -0.4 is 0 Å². The van der Waals surface area contributed by atoms with E-state index in [1.165, 1.54) is 11.0 Å². The van der Waals surface area contributed by atoms with Crippen molar-refractivity contribution in [3.05, 3.63) is 53.9 Å². The van der Waals surface area contributed by atoms with Crippen LogP contribution in [0.1, 0.15) is 11.4 Å². The summed E-state index contributed by atoms with van der Waals surface area (Å²) in [5.41, 5.74) is 0.411. The monoisotopic (exact) mass is 247 g/mol. The Hall–Kier alpha value is -2.17. The highest BCUT2D eigenvalue weighted by Gasteiger charge is 2.13. The first-order valence-electron chi connectivity index (χ1n) is 5.62. The third-order valence-corrected chi connectivity index (χ3v) is 2.67. The molecule has 0 aliphatic heterocycles. The van der Waals surface area contributed by atoms with Gasteiger partial charge in [0, 0.05) is 19.4 Å². The smallest absolute Gasteiger partial charge is 0.227 e. The fourth-order valence-electron chi connectivity index (χ4n) is 1.64. The van der Waals surface area contributed by atoms with Crippen LogP contribution in [0, 0.1) is 5.82 Å². The van der Waals surface area contributed by atoms with Crippen molar-refractivity contribution < 1.29 is 9.18 Å². The molecule has 1 amide bonds. The zero-order valence-corrected chi connectivity index (χ0v) is 10.1. The lowest BCUT2D eigenvalue weighted by molar-refractivity contribution is -0.129. The van der Waals surface area contributed by atoms with Crippen molar-refractivity contribution in [3.8, 4) is 0 Å². The number of nitrogens with one attached hydrogen (secondary N) is 1. The number of imidazole rings is 1. The molecule has 4 nitrogen and oxygen atoms in total. The normalized spacial score (nSPS) is 10.3. The molecule has 1 N–H and O–H groups in total. The van der Waals surface area contributed by atoms with Gasteiger partial charge in [0.2, 0.25) is 5.91 Å². The Kier molecular flexibility index (Phi) is 3.72. The largest absolute Gasteiger partial charge is 0.347 e. The predicted octanol–water partition coefficient (Wildman–Crippen LogP) is 1.75. The van der Waals surface area contributed by atoms with Crippen LogP contribution >= 0.6 is 0 Å². The Morgan fingerprint density at radius 3 is 2.89 bits per heavy atom. The lowest BCUT2D eigenvalue weighted by Crippen LogP contribution is -2.28. The maximum Gasteiger partial charge on any atom is 0.227 e. The van der Waals surface area contributed by atoms with Gasteiger partial charge < -0.3 is 9.88 Å². The fourth-order valence-corrected chi connectivity index (χ4v) is 1.64. The number of rotatable bonds is 4. The number of carbonyl (C=O) groups is 1. The summed E-state index contributed by atoms with van der Waals surface area (Å²) in [4.78, 5) is 20.4. The Morgan fingerprint density at radius 1 is 1.44 bits per heavy atom. The van der Waals surface area contributed by atoms with Crippen LogP contribution in [0.2, 0.25) is 0 Å². The summed E-state index contributed by atoms with van der Waals surface area (Å²) in [7, 11) is 1.67. The van der Waals surface area contributed by atoms with Gasteiger partial charge in [0.1, 0.15) is 11.6 Å². The van der Waals surface area contributed by atoms with E-state index >= 15 is 0 Å². The van der Waals surface area contributed by atoms with Crippen LogP contribution in [0.15, 0.2) is 36.7 Å². The summed E-state index contributed by atoms with van der Waals surface area (Å²) < 4.78 is 13.4. The third kappa shape index (κ3) is 2.94. The van der Waals surface area contributed by atoms with Crippen LogP contribution in [0.4, 0.5) is 4.39 Å². The lowest BCUT2D eigenvalue weighted by Gasteiger charge is -2.15. The van der Waals surface area contributed by atoms with E-state index in [1.807, 2.05) is 0 Å². The second-order valence-corrected chi connectivity index (χ2v) is 4.05. The maximum absolute atomic E-state index is 13.4. The van der Waals surface area contributed by atoms with Crippen LogP contribution in [-0.2, 0) is 17.8 Å². The zero-order valence-electron chi connectivity index (χ0n) is 10.1. The fraction of sp³-hybridized carbons (Fsp3) is 0.231. The first-order chi connectivity index (χ1) is 8.66. The average Bonchev–Trinajstić information content (AvgIpc) is 2.84. The second kappa shape index (κ2) is 5.44. The van der Waals surface area contributed by atoms with E-state index in [0.717, 1.165) is 0 Å². The number of benzene rings is 1. The number of carbonyl (C=O) groups excluding carboxylic acids is 1. The summed E-state index contributed by atoms with van der Waals surface area (Å²) in [5, 5.41) is 0. The van der Waals surface area contributed by atoms with Gasteiger partial charge in [0.25, 0.3) is 0 Å². The molecular weight excluding hydrogens is 233 g/mol. The van der Waals surface area contributed by atoms with Crippen LogP contribution in [-0.4, -0.2) is 27.8 Å². The molecule has 94 valence electrons. The highest BCUT2D eigenvalue weighted by Crippen LogP contribution is 2.09. The molecule has 5 heteroatoms. The van der Waals surface area contributed by atoms with Crippen molar-refractivity contribution in [3.63, 3.8) is 0 Å². The summed E-state index contributed by atoms with van der Waals surface area (Å²) in [5.74, 6) is 0.216. The maximum atomic E-state index is 13.4. The van der Waals surface area contributed by atoms with E-state index in [-0.39, 0.29) is 18.1 Å². The van der Waals surface area contributed by atoms with Gasteiger partial charge in [-0.25, -0.2) is 9.37 Å². The minimum atomic E-state index is -0.350. The van der Waals surface area contributed by atoms with Gasteiger partial charge >= 0.3 is 0 Å². The summed E-state index contributed by atoms with van der Waals surface area (Å²) in [6, 6.07) is 6.30. The number of H-pyrrole nitrogens is 1. The van der Waals surface area contributed by atoms with Crippen LogP contribution in [0.5, 0.6) is 0 Å². The predicted molar refractivity (Wildman–Crippen MR) is 65.2 cm³/mol. The number of aromatic nitrogens is 2. The van der Waals surface area contributed by atoms with E-state index < -0.39 is 0 Å². The van der Waals surface area contributed by atoms with Gasteiger partial charge in [-0.05, 0) is 11.6 Å². The van der Waals surface area contributed by atoms with Gasteiger partial charge in [0.05, 0.1) is 13.0 Å². The minimum Gasteiger partial charge on any atom is -0.347 e. The van der Waals surface area contributed by atoms with Crippen molar-refractivity contribution >= 4 is 5.91 Å². The average molecular weight is 247 g/mol. The zero-order chi connectivity index (χ0) is 13.0. The van der Waals surface area contributed by atoms with Gasteiger partial charge in [-0.2, -0.15) is 0 Å². The standard InChI is InChI=1S/C13H14FN3O/c1-17(9-12-15-6-7-16-12)13(18)8-10-4-2-3-5-11(10)14/h2-7H,8-9H2,1H3,(H,15,16). The van der Waals surface area contributed by atoms with Gasteiger partial charge in [0.15, 0.2) is 0 Å². The van der Waals surface area contributed by atoms with Crippen molar-refractivity contribution in [1.82, 2.24) is 14.9 Å². The first-order valence-corrected chi connectivity index (χ1v) is 5.62. The Morgan fingerprint density at radius 2 is 2.22 bits per heavy atom. The molecule has 18 heavy (non-hydrogen) atoms. The Bertz CT molecular complexity index is 525. The van der Waals surface area contributed by atoms with Crippen LogP contribution in [0.25, 0.3) is 0 Å². The molecule has 2 rings (SSSR count). The first kappa shape index (κ1) is 12.3. The molecule has 0 aliphatic rings. The van der Waals surface area contributed by atoms with E-state index in [9.17, 15) is 9.18 Å². The number of nitrogens with zero attached hydrogens (tertiary/aromatic N) is 2. The molecule has 1 heterocycles. The molecule has 0 saturated heterocycles. The number of hydrogen-bond acceptors (Lipinski definition) is 2. The molecule has 0 saturated carbocycles. The number of halogens is 1. The van der Waals surface area contributed by atoms with Gasteiger partial charge in [-0.1, -0.05) is 18.2 Å². The van der Waals surface area contributed by atoms with Gasteiger partial charge in [-0.15, -0.1) is 0 Å². The summed E-state index contributed by atoms with van der Waals surface area (Å²) in [6.07, 6.45) is 3.39. The van der Waals surface area contributed by atoms with E-state index in [0.29, 0.717) is 17.9 Å². The number of hydrogen-bond donors (Lipinski definition) is 1. The Balaban J connectivity index is 1.98. The molecule has 0 spiro atoms. The molecule has 0 unspecified atom stereocenters. The molecule has 0 fully saturated rings. The Labute approximate surface area is 104 Å². The van der Waals surface area contributed by atoms with E-state index in [4.69, 9.17) is 0 Å². The van der Waals surface area contributed by atoms with Crippen molar-refractivity contribution in [2.24, 2.45) is 0 Å². The highest BCUT2D eigenvalue weighted by molar-refractivity contribution is 5.78. The molecular formula is C13H14FN3O. The number of aromatic amines is 1. The second-order valence-electron chi connectivity index (χ2n) is 4.05. The quantitative estimate of drug-likeness (QED) is 0.894. The SMILES string of the molecule is CN(Cc1ncc[nH]1)C(=O)Cc1ccccc1F. The molecule has 0 bridgehead atoms. The minimum absolute atomic E-state index is 0.0594. The number of likely N-dealkylation sites (N-methyl/N-ethyl adjacent to an activating group) is 1. The molecule has 1 aromatic heterocycles. The van der Waals surface area contributed by atoms with Crippen molar-refractivity contribution in [2.45, 2.75) is 13.0 Å². The van der Waals surface area contributed by atoms with Gasteiger partial charge in [-0.3, -0.25) is 4.79 Å². The third-order valence-electron chi connectivity index (χ3n) is 2.67. The molecule has 2 aromatic rings. The van der Waals surface area contributed by atoms with E-state index in [1.54, 1.807) is 37.6 Å².